The lowest BCUT2D eigenvalue weighted by Crippen LogP contribution is -2.23. The summed E-state index contributed by atoms with van der Waals surface area (Å²) in [5, 5.41) is 2.92. The van der Waals surface area contributed by atoms with Crippen molar-refractivity contribution in [3.63, 3.8) is 0 Å². The van der Waals surface area contributed by atoms with Crippen molar-refractivity contribution in [1.82, 2.24) is 0 Å². The largest absolute Gasteiger partial charge is 0.330 e. The Bertz CT molecular complexity index is 379. The van der Waals surface area contributed by atoms with E-state index in [1.165, 1.54) is 3.57 Å². The quantitative estimate of drug-likeness (QED) is 0.833. The Morgan fingerprint density at radius 2 is 2.25 bits per heavy atom. The Morgan fingerprint density at radius 3 is 2.81 bits per heavy atom. The highest BCUT2D eigenvalue weighted by Gasteiger charge is 2.12. The Labute approximate surface area is 110 Å². The standard InChI is InChI=1S/C12H17IN2O/c1-8(5-6-14)12(16)15-11-4-3-10(13)7-9(11)2/h3-4,7-8H,5-6,14H2,1-2H3,(H,15,16). The fourth-order valence-corrected chi connectivity index (χ4v) is 2.05. The van der Waals surface area contributed by atoms with Gasteiger partial charge in [-0.2, -0.15) is 0 Å². The zero-order valence-electron chi connectivity index (χ0n) is 9.59. The fraction of sp³-hybridized carbons (Fsp3) is 0.417. The van der Waals surface area contributed by atoms with Gasteiger partial charge in [-0.1, -0.05) is 6.92 Å². The smallest absolute Gasteiger partial charge is 0.227 e. The minimum Gasteiger partial charge on any atom is -0.330 e. The highest BCUT2D eigenvalue weighted by Crippen LogP contribution is 2.18. The van der Waals surface area contributed by atoms with Crippen LogP contribution in [0, 0.1) is 16.4 Å². The van der Waals surface area contributed by atoms with Crippen LogP contribution in [0.4, 0.5) is 5.69 Å². The second-order valence-electron chi connectivity index (χ2n) is 3.93. The van der Waals surface area contributed by atoms with Gasteiger partial charge in [-0.3, -0.25) is 4.79 Å². The fourth-order valence-electron chi connectivity index (χ4n) is 1.40. The number of nitrogens with one attached hydrogen (secondary N) is 1. The van der Waals surface area contributed by atoms with Crippen molar-refractivity contribution >= 4 is 34.2 Å². The number of benzene rings is 1. The average Bonchev–Trinajstić information content (AvgIpc) is 2.22. The predicted molar refractivity (Wildman–Crippen MR) is 75.4 cm³/mol. The normalized spacial score (nSPS) is 12.2. The molecule has 0 aliphatic carbocycles. The van der Waals surface area contributed by atoms with Gasteiger partial charge in [0.05, 0.1) is 0 Å². The van der Waals surface area contributed by atoms with Crippen molar-refractivity contribution in [1.29, 1.82) is 0 Å². The molecule has 0 aliphatic rings. The van der Waals surface area contributed by atoms with Gasteiger partial charge in [0.15, 0.2) is 0 Å². The van der Waals surface area contributed by atoms with Gasteiger partial charge in [-0.05, 0) is 66.2 Å². The molecule has 0 fully saturated rings. The van der Waals surface area contributed by atoms with Crippen LogP contribution in [0.3, 0.4) is 0 Å². The highest BCUT2D eigenvalue weighted by molar-refractivity contribution is 14.1. The molecule has 0 spiro atoms. The molecule has 16 heavy (non-hydrogen) atoms. The lowest BCUT2D eigenvalue weighted by molar-refractivity contribution is -0.119. The maximum absolute atomic E-state index is 11.8. The Balaban J connectivity index is 2.69. The number of aryl methyl sites for hydroxylation is 1. The third kappa shape index (κ3) is 3.75. The molecule has 1 rings (SSSR count). The summed E-state index contributed by atoms with van der Waals surface area (Å²) < 4.78 is 1.17. The van der Waals surface area contributed by atoms with Crippen LogP contribution < -0.4 is 11.1 Å². The third-order valence-corrected chi connectivity index (χ3v) is 3.16. The van der Waals surface area contributed by atoms with E-state index in [1.54, 1.807) is 0 Å². The summed E-state index contributed by atoms with van der Waals surface area (Å²) in [5.41, 5.74) is 7.40. The van der Waals surface area contributed by atoms with Crippen molar-refractivity contribution in [2.75, 3.05) is 11.9 Å². The number of rotatable bonds is 4. The van der Waals surface area contributed by atoms with Gasteiger partial charge in [0, 0.05) is 15.2 Å². The van der Waals surface area contributed by atoms with Crippen LogP contribution in [-0.4, -0.2) is 12.5 Å². The molecule has 1 unspecified atom stereocenters. The van der Waals surface area contributed by atoms with Crippen molar-refractivity contribution in [3.8, 4) is 0 Å². The molecule has 0 saturated carbocycles. The topological polar surface area (TPSA) is 55.1 Å². The molecular weight excluding hydrogens is 315 g/mol. The maximum Gasteiger partial charge on any atom is 0.227 e. The van der Waals surface area contributed by atoms with E-state index in [9.17, 15) is 4.79 Å². The molecule has 4 heteroatoms. The SMILES string of the molecule is Cc1cc(I)ccc1NC(=O)C(C)CCN. The van der Waals surface area contributed by atoms with Crippen molar-refractivity contribution in [2.24, 2.45) is 11.7 Å². The van der Waals surface area contributed by atoms with E-state index >= 15 is 0 Å². The monoisotopic (exact) mass is 332 g/mol. The van der Waals surface area contributed by atoms with Gasteiger partial charge in [0.1, 0.15) is 0 Å². The van der Waals surface area contributed by atoms with Crippen LogP contribution in [-0.2, 0) is 4.79 Å². The molecule has 0 bridgehead atoms. The number of hydrogen-bond donors (Lipinski definition) is 2. The van der Waals surface area contributed by atoms with Crippen molar-refractivity contribution in [2.45, 2.75) is 20.3 Å². The van der Waals surface area contributed by atoms with Gasteiger partial charge in [0.2, 0.25) is 5.91 Å². The van der Waals surface area contributed by atoms with E-state index in [2.05, 4.69) is 27.9 Å². The summed E-state index contributed by atoms with van der Waals surface area (Å²) in [6.45, 7) is 4.43. The molecule has 0 heterocycles. The van der Waals surface area contributed by atoms with E-state index in [0.29, 0.717) is 6.54 Å². The van der Waals surface area contributed by atoms with E-state index in [0.717, 1.165) is 17.7 Å². The second kappa shape index (κ2) is 6.20. The number of amides is 1. The first kappa shape index (κ1) is 13.4. The first-order chi connectivity index (χ1) is 7.54. The third-order valence-electron chi connectivity index (χ3n) is 2.49. The van der Waals surface area contributed by atoms with Crippen molar-refractivity contribution < 1.29 is 4.79 Å². The Kier molecular flexibility index (Phi) is 5.21. The minimum atomic E-state index is -0.0383. The number of nitrogens with two attached hydrogens (primary N) is 1. The summed E-state index contributed by atoms with van der Waals surface area (Å²) in [7, 11) is 0. The lowest BCUT2D eigenvalue weighted by Gasteiger charge is -2.13. The van der Waals surface area contributed by atoms with Crippen LogP contribution in [0.5, 0.6) is 0 Å². The van der Waals surface area contributed by atoms with Crippen LogP contribution >= 0.6 is 22.6 Å². The van der Waals surface area contributed by atoms with E-state index in [-0.39, 0.29) is 11.8 Å². The minimum absolute atomic E-state index is 0.0368. The summed E-state index contributed by atoms with van der Waals surface area (Å²) in [6.07, 6.45) is 0.718. The maximum atomic E-state index is 11.8. The van der Waals surface area contributed by atoms with Crippen LogP contribution in [0.2, 0.25) is 0 Å². The molecule has 0 aromatic heterocycles. The number of hydrogen-bond acceptors (Lipinski definition) is 2. The van der Waals surface area contributed by atoms with E-state index in [1.807, 2.05) is 32.0 Å². The predicted octanol–water partition coefficient (Wildman–Crippen LogP) is 2.52. The molecule has 0 saturated heterocycles. The first-order valence-corrected chi connectivity index (χ1v) is 6.39. The summed E-state index contributed by atoms with van der Waals surface area (Å²) in [4.78, 5) is 11.8. The molecule has 1 aromatic rings. The molecule has 1 atom stereocenters. The van der Waals surface area contributed by atoms with Crippen LogP contribution in [0.25, 0.3) is 0 Å². The molecule has 1 amide bonds. The molecule has 0 radical (unpaired) electrons. The lowest BCUT2D eigenvalue weighted by atomic mass is 10.1. The number of anilines is 1. The van der Waals surface area contributed by atoms with Gasteiger partial charge < -0.3 is 11.1 Å². The Hall–Kier alpha value is -0.620. The summed E-state index contributed by atoms with van der Waals surface area (Å²) in [5.74, 6) is -0.00145. The van der Waals surface area contributed by atoms with Crippen LogP contribution in [0.1, 0.15) is 18.9 Å². The van der Waals surface area contributed by atoms with Crippen molar-refractivity contribution in [3.05, 3.63) is 27.3 Å². The number of carbonyl (C=O) groups excluding carboxylic acids is 1. The zero-order valence-corrected chi connectivity index (χ0v) is 11.7. The average molecular weight is 332 g/mol. The molecule has 1 aromatic carbocycles. The van der Waals surface area contributed by atoms with E-state index in [4.69, 9.17) is 5.73 Å². The highest BCUT2D eigenvalue weighted by atomic mass is 127. The second-order valence-corrected chi connectivity index (χ2v) is 5.17. The number of halogens is 1. The van der Waals surface area contributed by atoms with Gasteiger partial charge in [-0.15, -0.1) is 0 Å². The van der Waals surface area contributed by atoms with Gasteiger partial charge >= 0.3 is 0 Å². The summed E-state index contributed by atoms with van der Waals surface area (Å²) in [6, 6.07) is 5.96. The molecule has 3 N–H and O–H groups in total. The van der Waals surface area contributed by atoms with E-state index < -0.39 is 0 Å². The summed E-state index contributed by atoms with van der Waals surface area (Å²) >= 11 is 2.25. The number of carbonyl (C=O) groups is 1. The molecule has 0 aliphatic heterocycles. The van der Waals surface area contributed by atoms with Gasteiger partial charge in [0.25, 0.3) is 0 Å². The van der Waals surface area contributed by atoms with Gasteiger partial charge in [-0.25, -0.2) is 0 Å². The zero-order chi connectivity index (χ0) is 12.1. The Morgan fingerprint density at radius 1 is 1.56 bits per heavy atom. The molecular formula is C12H17IN2O. The molecule has 88 valence electrons. The molecule has 3 nitrogen and oxygen atoms in total. The van der Waals surface area contributed by atoms with Crippen LogP contribution in [0.15, 0.2) is 18.2 Å². The first-order valence-electron chi connectivity index (χ1n) is 5.31.